The normalized spacial score (nSPS) is 14.5. The van der Waals surface area contributed by atoms with E-state index in [0.717, 1.165) is 0 Å². The summed E-state index contributed by atoms with van der Waals surface area (Å²) in [5, 5.41) is 0.149. The summed E-state index contributed by atoms with van der Waals surface area (Å²) in [4.78, 5) is 27.7. The lowest BCUT2D eigenvalue weighted by Gasteiger charge is -2.14. The van der Waals surface area contributed by atoms with Crippen LogP contribution in [0.3, 0.4) is 0 Å². The standard InChI is InChI=1S/C20H21NO5S/c1-12(2)27-18-17(13-7-8-15(24-3)16(10-13)25-4)19(22)21(20(18)23)11-14-6-5-9-26-14/h5-10,12H,11H2,1-4H3. The van der Waals surface area contributed by atoms with Crippen molar-refractivity contribution in [2.24, 2.45) is 0 Å². The summed E-state index contributed by atoms with van der Waals surface area (Å²) < 4.78 is 15.9. The lowest BCUT2D eigenvalue weighted by atomic mass is 10.1. The van der Waals surface area contributed by atoms with Crippen molar-refractivity contribution in [1.29, 1.82) is 0 Å². The van der Waals surface area contributed by atoms with Gasteiger partial charge in [0.2, 0.25) is 0 Å². The van der Waals surface area contributed by atoms with Crippen LogP contribution < -0.4 is 9.47 Å². The average molecular weight is 387 g/mol. The zero-order valence-electron chi connectivity index (χ0n) is 15.6. The highest BCUT2D eigenvalue weighted by Crippen LogP contribution is 2.40. The molecule has 7 heteroatoms. The van der Waals surface area contributed by atoms with Gasteiger partial charge >= 0.3 is 0 Å². The molecule has 0 bridgehead atoms. The summed E-state index contributed by atoms with van der Waals surface area (Å²) in [6.07, 6.45) is 1.52. The van der Waals surface area contributed by atoms with Gasteiger partial charge in [-0.15, -0.1) is 11.8 Å². The Hall–Kier alpha value is -2.67. The molecule has 0 aliphatic carbocycles. The van der Waals surface area contributed by atoms with Gasteiger partial charge in [0.1, 0.15) is 5.76 Å². The zero-order chi connectivity index (χ0) is 19.6. The topological polar surface area (TPSA) is 69.0 Å². The molecule has 0 radical (unpaired) electrons. The predicted molar refractivity (Wildman–Crippen MR) is 103 cm³/mol. The molecular formula is C20H21NO5S. The van der Waals surface area contributed by atoms with E-state index in [1.54, 1.807) is 37.4 Å². The van der Waals surface area contributed by atoms with E-state index < -0.39 is 0 Å². The van der Waals surface area contributed by atoms with Crippen molar-refractivity contribution in [3.63, 3.8) is 0 Å². The van der Waals surface area contributed by atoms with Crippen LogP contribution in [0.2, 0.25) is 0 Å². The van der Waals surface area contributed by atoms with Crippen molar-refractivity contribution in [2.75, 3.05) is 14.2 Å². The van der Waals surface area contributed by atoms with E-state index >= 15 is 0 Å². The van der Waals surface area contributed by atoms with Crippen LogP contribution in [0.15, 0.2) is 45.9 Å². The zero-order valence-corrected chi connectivity index (χ0v) is 16.5. The van der Waals surface area contributed by atoms with E-state index in [0.29, 0.717) is 33.3 Å². The van der Waals surface area contributed by atoms with E-state index in [1.165, 1.54) is 30.0 Å². The van der Waals surface area contributed by atoms with Crippen LogP contribution in [0, 0.1) is 0 Å². The molecule has 3 rings (SSSR count). The van der Waals surface area contributed by atoms with Crippen LogP contribution in [0.25, 0.3) is 5.57 Å². The molecule has 142 valence electrons. The highest BCUT2D eigenvalue weighted by atomic mass is 32.2. The summed E-state index contributed by atoms with van der Waals surface area (Å²) in [7, 11) is 3.08. The Morgan fingerprint density at radius 3 is 2.41 bits per heavy atom. The number of imide groups is 1. The van der Waals surface area contributed by atoms with Crippen LogP contribution in [-0.2, 0) is 16.1 Å². The molecule has 0 saturated carbocycles. The molecule has 0 saturated heterocycles. The quantitative estimate of drug-likeness (QED) is 0.675. The van der Waals surface area contributed by atoms with E-state index in [1.807, 2.05) is 13.8 Å². The van der Waals surface area contributed by atoms with Gasteiger partial charge in [-0.25, -0.2) is 0 Å². The van der Waals surface area contributed by atoms with Crippen LogP contribution in [0.5, 0.6) is 11.5 Å². The van der Waals surface area contributed by atoms with Gasteiger partial charge in [0.15, 0.2) is 11.5 Å². The van der Waals surface area contributed by atoms with Gasteiger partial charge in [-0.05, 0) is 29.8 Å². The molecule has 0 unspecified atom stereocenters. The number of amides is 2. The summed E-state index contributed by atoms with van der Waals surface area (Å²) >= 11 is 1.38. The van der Waals surface area contributed by atoms with Crippen molar-refractivity contribution in [3.05, 3.63) is 52.8 Å². The third-order valence-corrected chi connectivity index (χ3v) is 5.13. The van der Waals surface area contributed by atoms with Gasteiger partial charge in [0, 0.05) is 5.25 Å². The number of rotatable bonds is 7. The molecule has 27 heavy (non-hydrogen) atoms. The van der Waals surface area contributed by atoms with Gasteiger partial charge in [-0.2, -0.15) is 0 Å². The van der Waals surface area contributed by atoms with E-state index in [2.05, 4.69) is 0 Å². The molecule has 0 fully saturated rings. The van der Waals surface area contributed by atoms with Gasteiger partial charge in [0.25, 0.3) is 11.8 Å². The summed E-state index contributed by atoms with van der Waals surface area (Å²) in [6.45, 7) is 4.07. The number of hydrogen-bond acceptors (Lipinski definition) is 6. The summed E-state index contributed by atoms with van der Waals surface area (Å²) in [5.74, 6) is 0.969. The lowest BCUT2D eigenvalue weighted by molar-refractivity contribution is -0.137. The number of carbonyl (C=O) groups is 2. The monoisotopic (exact) mass is 387 g/mol. The minimum Gasteiger partial charge on any atom is -0.493 e. The van der Waals surface area contributed by atoms with Gasteiger partial charge in [0.05, 0.1) is 37.5 Å². The minimum absolute atomic E-state index is 0.101. The van der Waals surface area contributed by atoms with Crippen LogP contribution in [0.1, 0.15) is 25.2 Å². The Balaban J connectivity index is 2.04. The highest BCUT2D eigenvalue weighted by Gasteiger charge is 2.40. The van der Waals surface area contributed by atoms with Crippen molar-refractivity contribution < 1.29 is 23.5 Å². The molecule has 1 aromatic carbocycles. The maximum absolute atomic E-state index is 13.1. The Labute approximate surface area is 162 Å². The van der Waals surface area contributed by atoms with Crippen molar-refractivity contribution in [1.82, 2.24) is 4.90 Å². The maximum Gasteiger partial charge on any atom is 0.268 e. The smallest absolute Gasteiger partial charge is 0.268 e. The van der Waals surface area contributed by atoms with Crippen molar-refractivity contribution in [2.45, 2.75) is 25.6 Å². The molecule has 0 N–H and O–H groups in total. The third-order valence-electron chi connectivity index (χ3n) is 4.05. The molecule has 1 aliphatic rings. The van der Waals surface area contributed by atoms with Crippen molar-refractivity contribution in [3.8, 4) is 11.5 Å². The molecule has 1 aliphatic heterocycles. The van der Waals surface area contributed by atoms with E-state index in [9.17, 15) is 9.59 Å². The number of furan rings is 1. The molecule has 2 heterocycles. The fraction of sp³-hybridized carbons (Fsp3) is 0.300. The van der Waals surface area contributed by atoms with Gasteiger partial charge in [-0.1, -0.05) is 19.9 Å². The summed E-state index contributed by atoms with van der Waals surface area (Å²) in [5.41, 5.74) is 1.00. The second kappa shape index (κ2) is 7.92. The summed E-state index contributed by atoms with van der Waals surface area (Å²) in [6, 6.07) is 8.68. The molecule has 2 amide bonds. The number of benzene rings is 1. The number of thioether (sulfide) groups is 1. The van der Waals surface area contributed by atoms with Gasteiger partial charge < -0.3 is 13.9 Å². The molecule has 1 aromatic heterocycles. The maximum atomic E-state index is 13.1. The number of nitrogens with zero attached hydrogens (tertiary/aromatic N) is 1. The Morgan fingerprint density at radius 2 is 1.81 bits per heavy atom. The molecule has 0 spiro atoms. The number of methoxy groups -OCH3 is 2. The lowest BCUT2D eigenvalue weighted by Crippen LogP contribution is -2.30. The second-order valence-electron chi connectivity index (χ2n) is 6.22. The number of carbonyl (C=O) groups excluding carboxylic acids is 2. The highest BCUT2D eigenvalue weighted by molar-refractivity contribution is 8.04. The molecule has 2 aromatic rings. The second-order valence-corrected chi connectivity index (χ2v) is 7.80. The molecule has 0 atom stereocenters. The number of ether oxygens (including phenoxy) is 2. The Bertz CT molecular complexity index is 886. The van der Waals surface area contributed by atoms with Gasteiger partial charge in [-0.3, -0.25) is 14.5 Å². The minimum atomic E-state index is -0.341. The SMILES string of the molecule is COc1ccc(C2=C(SC(C)C)C(=O)N(Cc3ccco3)C2=O)cc1OC. The average Bonchev–Trinajstić information content (AvgIpc) is 3.24. The first-order chi connectivity index (χ1) is 13.0. The van der Waals surface area contributed by atoms with Crippen molar-refractivity contribution >= 4 is 29.1 Å². The first-order valence-electron chi connectivity index (χ1n) is 8.48. The molecular weight excluding hydrogens is 366 g/mol. The van der Waals surface area contributed by atoms with E-state index in [-0.39, 0.29) is 23.6 Å². The first kappa shape index (κ1) is 19.1. The van der Waals surface area contributed by atoms with E-state index in [4.69, 9.17) is 13.9 Å². The fourth-order valence-electron chi connectivity index (χ4n) is 2.85. The van der Waals surface area contributed by atoms with Crippen LogP contribution >= 0.6 is 11.8 Å². The van der Waals surface area contributed by atoms with Crippen LogP contribution in [0.4, 0.5) is 0 Å². The predicted octanol–water partition coefficient (Wildman–Crippen LogP) is 3.72. The van der Waals surface area contributed by atoms with Crippen LogP contribution in [-0.4, -0.2) is 36.2 Å². The number of hydrogen-bond donors (Lipinski definition) is 0. The fourth-order valence-corrected chi connectivity index (χ4v) is 3.85. The Morgan fingerprint density at radius 1 is 1.07 bits per heavy atom. The largest absolute Gasteiger partial charge is 0.493 e. The Kier molecular flexibility index (Phi) is 5.60. The third kappa shape index (κ3) is 3.73. The first-order valence-corrected chi connectivity index (χ1v) is 9.36. The molecule has 6 nitrogen and oxygen atoms in total.